The molecule has 0 spiro atoms. The van der Waals surface area contributed by atoms with E-state index in [4.69, 9.17) is 4.74 Å². The molecule has 1 aliphatic heterocycles. The fourth-order valence-electron chi connectivity index (χ4n) is 3.07. The highest BCUT2D eigenvalue weighted by atomic mass is 32.2. The highest BCUT2D eigenvalue weighted by molar-refractivity contribution is 8.00. The molecule has 0 bridgehead atoms. The van der Waals surface area contributed by atoms with E-state index in [9.17, 15) is 0 Å². The summed E-state index contributed by atoms with van der Waals surface area (Å²) in [5, 5.41) is 7.09. The monoisotopic (exact) mass is 343 g/mol. The van der Waals surface area contributed by atoms with Crippen LogP contribution in [0.2, 0.25) is 0 Å². The molecule has 0 saturated carbocycles. The van der Waals surface area contributed by atoms with Gasteiger partial charge in [-0.2, -0.15) is 11.8 Å². The maximum atomic E-state index is 5.55. The summed E-state index contributed by atoms with van der Waals surface area (Å²) in [4.78, 5) is 4.40. The van der Waals surface area contributed by atoms with Crippen molar-refractivity contribution in [3.05, 3.63) is 0 Å². The first-order valence-corrected chi connectivity index (χ1v) is 10.3. The van der Waals surface area contributed by atoms with Gasteiger partial charge in [-0.1, -0.05) is 40.0 Å². The summed E-state index contributed by atoms with van der Waals surface area (Å²) < 4.78 is 5.85. The van der Waals surface area contributed by atoms with E-state index in [-0.39, 0.29) is 0 Å². The molecular formula is C18H37N3OS. The number of nitrogens with zero attached hydrogens (tertiary/aromatic N) is 1. The molecule has 23 heavy (non-hydrogen) atoms. The van der Waals surface area contributed by atoms with Crippen molar-refractivity contribution in [3.63, 3.8) is 0 Å². The quantitative estimate of drug-likeness (QED) is 0.469. The van der Waals surface area contributed by atoms with Crippen molar-refractivity contribution < 1.29 is 4.74 Å². The maximum Gasteiger partial charge on any atom is 0.191 e. The van der Waals surface area contributed by atoms with E-state index in [1.165, 1.54) is 25.7 Å². The Balaban J connectivity index is 2.42. The van der Waals surface area contributed by atoms with Gasteiger partial charge in [0.25, 0.3) is 0 Å². The molecule has 1 unspecified atom stereocenters. The Bertz CT molecular complexity index is 325. The van der Waals surface area contributed by atoms with Crippen LogP contribution in [0.5, 0.6) is 0 Å². The second-order valence-corrected chi connectivity index (χ2v) is 8.18. The Hall–Kier alpha value is -0.420. The Labute approximate surface area is 147 Å². The zero-order valence-electron chi connectivity index (χ0n) is 15.6. The lowest BCUT2D eigenvalue weighted by Gasteiger charge is -2.37. The van der Waals surface area contributed by atoms with Crippen LogP contribution in [0.15, 0.2) is 4.99 Å². The summed E-state index contributed by atoms with van der Waals surface area (Å²) in [6.07, 6.45) is 7.40. The highest BCUT2D eigenvalue weighted by Gasteiger charge is 2.32. The topological polar surface area (TPSA) is 45.7 Å². The summed E-state index contributed by atoms with van der Waals surface area (Å²) in [6, 6.07) is 0. The van der Waals surface area contributed by atoms with Crippen molar-refractivity contribution in [1.82, 2.24) is 10.6 Å². The summed E-state index contributed by atoms with van der Waals surface area (Å²) in [7, 11) is 1.87. The number of unbranched alkanes of at least 4 members (excludes halogenated alkanes) is 1. The molecule has 1 saturated heterocycles. The lowest BCUT2D eigenvalue weighted by atomic mass is 9.99. The normalized spacial score (nSPS) is 19.4. The van der Waals surface area contributed by atoms with E-state index in [1.807, 2.05) is 7.05 Å². The molecule has 1 heterocycles. The number of ether oxygens (including phenoxy) is 1. The van der Waals surface area contributed by atoms with E-state index in [0.717, 1.165) is 56.8 Å². The first-order valence-electron chi connectivity index (χ1n) is 9.35. The van der Waals surface area contributed by atoms with Gasteiger partial charge in [-0.25, -0.2) is 0 Å². The van der Waals surface area contributed by atoms with Gasteiger partial charge in [-0.3, -0.25) is 4.99 Å². The standard InChI is InChI=1S/C18H37N3OS/c1-5-8-9-16(6-2)14-20-17(19-4)21-15-18(23-7-3)10-12-22-13-11-18/h16H,5-15H2,1-4H3,(H2,19,20,21). The number of hydrogen-bond donors (Lipinski definition) is 2. The van der Waals surface area contributed by atoms with Crippen molar-refractivity contribution in [2.24, 2.45) is 10.9 Å². The Kier molecular flexibility index (Phi) is 10.8. The minimum atomic E-state index is 0.303. The maximum absolute atomic E-state index is 5.55. The molecule has 1 aliphatic rings. The van der Waals surface area contributed by atoms with E-state index in [1.54, 1.807) is 0 Å². The van der Waals surface area contributed by atoms with Crippen LogP contribution in [-0.4, -0.2) is 49.8 Å². The zero-order chi connectivity index (χ0) is 17.0. The fourth-order valence-corrected chi connectivity index (χ4v) is 4.31. The van der Waals surface area contributed by atoms with E-state index >= 15 is 0 Å². The number of aliphatic imine (C=N–C) groups is 1. The Morgan fingerprint density at radius 3 is 2.52 bits per heavy atom. The fraction of sp³-hybridized carbons (Fsp3) is 0.944. The molecule has 136 valence electrons. The van der Waals surface area contributed by atoms with Gasteiger partial charge in [0.05, 0.1) is 0 Å². The van der Waals surface area contributed by atoms with E-state index in [0.29, 0.717) is 4.75 Å². The van der Waals surface area contributed by atoms with Gasteiger partial charge in [0.1, 0.15) is 0 Å². The first-order chi connectivity index (χ1) is 11.2. The van der Waals surface area contributed by atoms with Crippen LogP contribution in [0.4, 0.5) is 0 Å². The third-order valence-corrected chi connectivity index (χ3v) is 6.21. The van der Waals surface area contributed by atoms with Crippen molar-refractivity contribution in [2.75, 3.05) is 39.1 Å². The van der Waals surface area contributed by atoms with E-state index in [2.05, 4.69) is 48.2 Å². The largest absolute Gasteiger partial charge is 0.381 e. The SMILES string of the molecule is CCCCC(CC)CNC(=NC)NCC1(SCC)CCOCC1. The van der Waals surface area contributed by atoms with Gasteiger partial charge in [0.15, 0.2) is 5.96 Å². The van der Waals surface area contributed by atoms with Gasteiger partial charge in [-0.05, 0) is 30.9 Å². The van der Waals surface area contributed by atoms with Crippen LogP contribution >= 0.6 is 11.8 Å². The molecule has 0 aromatic rings. The first kappa shape index (κ1) is 20.6. The number of rotatable bonds is 10. The predicted octanol–water partition coefficient (Wildman–Crippen LogP) is 3.67. The number of guanidine groups is 1. The molecular weight excluding hydrogens is 306 g/mol. The van der Waals surface area contributed by atoms with E-state index < -0.39 is 0 Å². The minimum Gasteiger partial charge on any atom is -0.381 e. The summed E-state index contributed by atoms with van der Waals surface area (Å²) in [5.74, 6) is 2.85. The van der Waals surface area contributed by atoms with Crippen LogP contribution in [0.1, 0.15) is 59.3 Å². The molecule has 2 N–H and O–H groups in total. The van der Waals surface area contributed by atoms with Crippen molar-refractivity contribution >= 4 is 17.7 Å². The second kappa shape index (κ2) is 12.0. The van der Waals surface area contributed by atoms with Crippen LogP contribution in [-0.2, 0) is 4.74 Å². The van der Waals surface area contributed by atoms with Crippen molar-refractivity contribution in [3.8, 4) is 0 Å². The van der Waals surface area contributed by atoms with Gasteiger partial charge in [-0.15, -0.1) is 0 Å². The second-order valence-electron chi connectivity index (χ2n) is 6.45. The third-order valence-electron chi connectivity index (χ3n) is 4.76. The lowest BCUT2D eigenvalue weighted by Crippen LogP contribution is -2.48. The molecule has 0 aliphatic carbocycles. The predicted molar refractivity (Wildman–Crippen MR) is 104 cm³/mol. The molecule has 0 aromatic carbocycles. The molecule has 0 radical (unpaired) electrons. The molecule has 1 fully saturated rings. The summed E-state index contributed by atoms with van der Waals surface area (Å²) >= 11 is 2.07. The molecule has 1 rings (SSSR count). The Morgan fingerprint density at radius 2 is 1.96 bits per heavy atom. The van der Waals surface area contributed by atoms with Gasteiger partial charge in [0.2, 0.25) is 0 Å². The van der Waals surface area contributed by atoms with Crippen LogP contribution in [0.3, 0.4) is 0 Å². The number of thioether (sulfide) groups is 1. The molecule has 5 heteroatoms. The summed E-state index contributed by atoms with van der Waals surface area (Å²) in [6.45, 7) is 10.6. The average molecular weight is 344 g/mol. The van der Waals surface area contributed by atoms with Gasteiger partial charge >= 0.3 is 0 Å². The van der Waals surface area contributed by atoms with Crippen LogP contribution in [0.25, 0.3) is 0 Å². The summed E-state index contributed by atoms with van der Waals surface area (Å²) in [5.41, 5.74) is 0. The van der Waals surface area contributed by atoms with Crippen LogP contribution < -0.4 is 10.6 Å². The smallest absolute Gasteiger partial charge is 0.191 e. The van der Waals surface area contributed by atoms with Gasteiger partial charge in [0, 0.05) is 38.1 Å². The lowest BCUT2D eigenvalue weighted by molar-refractivity contribution is 0.0782. The third kappa shape index (κ3) is 7.79. The minimum absolute atomic E-state index is 0.303. The van der Waals surface area contributed by atoms with Crippen molar-refractivity contribution in [2.45, 2.75) is 64.0 Å². The Morgan fingerprint density at radius 1 is 1.22 bits per heavy atom. The molecule has 0 amide bonds. The van der Waals surface area contributed by atoms with Gasteiger partial charge < -0.3 is 15.4 Å². The number of nitrogens with one attached hydrogen (secondary N) is 2. The molecule has 1 atom stereocenters. The van der Waals surface area contributed by atoms with Crippen molar-refractivity contribution in [1.29, 1.82) is 0 Å². The highest BCUT2D eigenvalue weighted by Crippen LogP contribution is 2.34. The van der Waals surface area contributed by atoms with Crippen LogP contribution in [0, 0.1) is 5.92 Å². The zero-order valence-corrected chi connectivity index (χ0v) is 16.4. The molecule has 0 aromatic heterocycles. The average Bonchev–Trinajstić information content (AvgIpc) is 2.58. The molecule has 4 nitrogen and oxygen atoms in total. The number of hydrogen-bond acceptors (Lipinski definition) is 3.